The van der Waals surface area contributed by atoms with Gasteiger partial charge in [0.25, 0.3) is 11.1 Å². The van der Waals surface area contributed by atoms with E-state index in [4.69, 9.17) is 4.74 Å². The van der Waals surface area contributed by atoms with Crippen molar-refractivity contribution in [2.75, 3.05) is 5.33 Å². The highest BCUT2D eigenvalue weighted by molar-refractivity contribution is 9.10. The molecule has 12 heteroatoms. The molecule has 0 saturated carbocycles. The van der Waals surface area contributed by atoms with Crippen molar-refractivity contribution in [3.8, 4) is 0 Å². The molecule has 0 aliphatic carbocycles. The van der Waals surface area contributed by atoms with Gasteiger partial charge in [-0.25, -0.2) is 0 Å². The highest BCUT2D eigenvalue weighted by atomic mass is 79.9. The number of aromatic amines is 1. The summed E-state index contributed by atoms with van der Waals surface area (Å²) < 4.78 is 7.48. The van der Waals surface area contributed by atoms with E-state index in [1.54, 1.807) is 12.4 Å². The summed E-state index contributed by atoms with van der Waals surface area (Å²) in [6.07, 6.45) is 8.19. The number of hydrogen-bond donors (Lipinski definition) is 1. The third-order valence-corrected chi connectivity index (χ3v) is 7.75. The van der Waals surface area contributed by atoms with Gasteiger partial charge < -0.3 is 9.72 Å². The van der Waals surface area contributed by atoms with Crippen LogP contribution in [0.4, 0.5) is 0 Å². The van der Waals surface area contributed by atoms with Crippen LogP contribution >= 0.6 is 47.8 Å². The van der Waals surface area contributed by atoms with Crippen LogP contribution in [0.5, 0.6) is 0 Å². The fourth-order valence-electron chi connectivity index (χ4n) is 4.21. The van der Waals surface area contributed by atoms with E-state index in [-0.39, 0.29) is 40.3 Å². The molecule has 0 aliphatic heterocycles. The van der Waals surface area contributed by atoms with E-state index in [0.29, 0.717) is 33.4 Å². The molecule has 4 aromatic rings. The van der Waals surface area contributed by atoms with E-state index in [2.05, 4.69) is 87.0 Å². The Balaban J connectivity index is 0.000000265. The van der Waals surface area contributed by atoms with Crippen molar-refractivity contribution in [2.24, 2.45) is 0 Å². The Labute approximate surface area is 301 Å². The van der Waals surface area contributed by atoms with E-state index in [1.807, 2.05) is 57.2 Å². The van der Waals surface area contributed by atoms with Crippen LogP contribution in [0.1, 0.15) is 63.1 Å². The Morgan fingerprint density at radius 1 is 0.809 bits per heavy atom. The van der Waals surface area contributed by atoms with E-state index >= 15 is 0 Å². The monoisotopic (exact) mass is 834 g/mol. The normalized spacial score (nSPS) is 10.6. The van der Waals surface area contributed by atoms with Crippen LogP contribution in [0.15, 0.2) is 91.9 Å². The van der Waals surface area contributed by atoms with Crippen LogP contribution in [0.25, 0.3) is 0 Å². The summed E-state index contributed by atoms with van der Waals surface area (Å²) in [4.78, 5) is 56.6. The smallest absolute Gasteiger partial charge is 0.317 e. The van der Waals surface area contributed by atoms with Gasteiger partial charge in [0.2, 0.25) is 0 Å². The molecule has 0 unspecified atom stereocenters. The van der Waals surface area contributed by atoms with Gasteiger partial charge in [-0.1, -0.05) is 76.6 Å². The molecule has 0 bridgehead atoms. The van der Waals surface area contributed by atoms with Gasteiger partial charge in [0.05, 0.1) is 18.9 Å². The number of benzene rings is 2. The lowest BCUT2D eigenvalue weighted by Crippen LogP contribution is -2.28. The molecule has 2 aromatic carbocycles. The number of alkyl halides is 1. The summed E-state index contributed by atoms with van der Waals surface area (Å²) in [5, 5.41) is 0.268. The number of ether oxygens (including phenoxy) is 1. The summed E-state index contributed by atoms with van der Waals surface area (Å²) in [7, 11) is 0. The van der Waals surface area contributed by atoms with Gasteiger partial charge >= 0.3 is 5.97 Å². The zero-order valence-electron chi connectivity index (χ0n) is 27.1. The number of H-pyrrole nitrogens is 1. The third-order valence-electron chi connectivity index (χ3n) is 6.26. The van der Waals surface area contributed by atoms with E-state index in [9.17, 15) is 19.2 Å². The first-order valence-corrected chi connectivity index (χ1v) is 17.8. The Hall–Kier alpha value is -3.22. The highest BCUT2D eigenvalue weighted by Gasteiger charge is 2.14. The molecule has 1 N–H and O–H groups in total. The molecule has 252 valence electrons. The zero-order chi connectivity index (χ0) is 34.8. The molecule has 0 spiro atoms. The molecule has 0 radical (unpaired) electrons. The second-order valence-corrected chi connectivity index (χ2v) is 13.8. The van der Waals surface area contributed by atoms with Gasteiger partial charge in [-0.05, 0) is 109 Å². The molecule has 0 amide bonds. The maximum atomic E-state index is 12.3. The van der Waals surface area contributed by atoms with Crippen molar-refractivity contribution in [1.29, 1.82) is 0 Å². The predicted molar refractivity (Wildman–Crippen MR) is 196 cm³/mol. The minimum atomic E-state index is -0.356. The number of nitrogens with one attached hydrogen (secondary N) is 1. The molecule has 9 nitrogen and oxygen atoms in total. The fourth-order valence-corrected chi connectivity index (χ4v) is 5.00. The van der Waals surface area contributed by atoms with Crippen molar-refractivity contribution in [3.63, 3.8) is 0 Å². The van der Waals surface area contributed by atoms with Gasteiger partial charge in [-0.2, -0.15) is 0 Å². The Kier molecular flexibility index (Phi) is 17.8. The van der Waals surface area contributed by atoms with Crippen molar-refractivity contribution in [2.45, 2.75) is 78.4 Å². The summed E-state index contributed by atoms with van der Waals surface area (Å²) in [6.45, 7) is 7.07. The lowest BCUT2D eigenvalue weighted by atomic mass is 10.1. The average molecular weight is 837 g/mol. The van der Waals surface area contributed by atoms with Crippen molar-refractivity contribution in [1.82, 2.24) is 19.5 Å². The standard InChI is InChI=1S/C16H17BrN2O2.C13H13BrN2O.C6H11BrO2/c1-12(20)11-19-15(17)10-18-14(16(19)21)9-5-8-13-6-3-2-4-7-13;14-12-9-15-11(13(17)16-12)8-4-7-10-5-2-1-3-6-10;1-6(2,3)9-5(8)4-7/h2-4,6-7,10H,5,8-9,11H2,1H3;1-3,5-6,9H,4,7-8H2,(H,16,17);4H2,1-3H3. The van der Waals surface area contributed by atoms with Gasteiger partial charge in [0, 0.05) is 0 Å². The fraction of sp³-hybridized carbons (Fsp3) is 0.371. The molecule has 4 rings (SSSR count). The minimum absolute atomic E-state index is 0.0563. The number of halogens is 3. The molecule has 0 atom stereocenters. The van der Waals surface area contributed by atoms with Gasteiger partial charge in [-0.15, -0.1) is 0 Å². The van der Waals surface area contributed by atoms with Gasteiger partial charge in [-0.3, -0.25) is 33.7 Å². The van der Waals surface area contributed by atoms with Crippen molar-refractivity contribution in [3.05, 3.63) is 125 Å². The third kappa shape index (κ3) is 16.4. The Bertz CT molecular complexity index is 1670. The Morgan fingerprint density at radius 3 is 1.77 bits per heavy atom. The number of carbonyl (C=O) groups excluding carboxylic acids is 2. The average Bonchev–Trinajstić information content (AvgIpc) is 3.02. The number of carbonyl (C=O) groups is 2. The van der Waals surface area contributed by atoms with Gasteiger partial charge in [0.15, 0.2) is 0 Å². The number of nitrogens with zero attached hydrogens (tertiary/aromatic N) is 3. The van der Waals surface area contributed by atoms with Gasteiger partial charge in [0.1, 0.15) is 37.3 Å². The molecule has 0 fully saturated rings. The quantitative estimate of drug-likeness (QED) is 0.125. The summed E-state index contributed by atoms with van der Waals surface area (Å²) in [5.74, 6) is -0.276. The number of aromatic nitrogens is 4. The summed E-state index contributed by atoms with van der Waals surface area (Å²) >= 11 is 9.44. The first kappa shape index (κ1) is 40.0. The second kappa shape index (κ2) is 20.9. The van der Waals surface area contributed by atoms with Crippen LogP contribution < -0.4 is 11.1 Å². The van der Waals surface area contributed by atoms with Crippen LogP contribution in [0, 0.1) is 0 Å². The molecule has 0 aliphatic rings. The summed E-state index contributed by atoms with van der Waals surface area (Å²) in [6, 6.07) is 20.4. The Morgan fingerprint density at radius 2 is 1.32 bits per heavy atom. The van der Waals surface area contributed by atoms with Crippen molar-refractivity contribution >= 4 is 59.5 Å². The lowest BCUT2D eigenvalue weighted by molar-refractivity contribution is -0.151. The molecule has 2 heterocycles. The zero-order valence-corrected chi connectivity index (χ0v) is 31.9. The van der Waals surface area contributed by atoms with Crippen molar-refractivity contribution < 1.29 is 14.3 Å². The number of esters is 1. The van der Waals surface area contributed by atoms with E-state index in [0.717, 1.165) is 25.7 Å². The molecule has 0 saturated heterocycles. The van der Waals surface area contributed by atoms with E-state index < -0.39 is 0 Å². The first-order valence-electron chi connectivity index (χ1n) is 15.1. The number of hydrogen-bond acceptors (Lipinski definition) is 7. The molecular formula is C35H41Br3N4O5. The first-order chi connectivity index (χ1) is 22.3. The number of ketones is 1. The maximum Gasteiger partial charge on any atom is 0.317 e. The summed E-state index contributed by atoms with van der Waals surface area (Å²) in [5.41, 5.74) is 3.00. The second-order valence-electron chi connectivity index (χ2n) is 11.5. The van der Waals surface area contributed by atoms with Crippen LogP contribution in [-0.2, 0) is 46.6 Å². The maximum absolute atomic E-state index is 12.3. The molecule has 47 heavy (non-hydrogen) atoms. The topological polar surface area (TPSA) is 124 Å². The number of Topliss-reactive ketones (excluding diaryl/α,β-unsaturated/α-hetero) is 1. The highest BCUT2D eigenvalue weighted by Crippen LogP contribution is 2.10. The van der Waals surface area contributed by atoms with Crippen LogP contribution in [0.3, 0.4) is 0 Å². The molecule has 2 aromatic heterocycles. The van der Waals surface area contributed by atoms with Crippen LogP contribution in [-0.4, -0.2) is 42.2 Å². The SMILES string of the molecule is CC(=O)Cn1c(Br)cnc(CCCc2ccccc2)c1=O.CC(C)(C)OC(=O)CBr.O=c1[nH]c(Br)cnc1CCCc1ccccc1. The number of aryl methyl sites for hydroxylation is 4. The van der Waals surface area contributed by atoms with Crippen LogP contribution in [0.2, 0.25) is 0 Å². The lowest BCUT2D eigenvalue weighted by Gasteiger charge is -2.18. The van der Waals surface area contributed by atoms with E-state index in [1.165, 1.54) is 22.6 Å². The largest absolute Gasteiger partial charge is 0.459 e. The minimum Gasteiger partial charge on any atom is -0.459 e. The molecular weight excluding hydrogens is 796 g/mol. The predicted octanol–water partition coefficient (Wildman–Crippen LogP) is 7.20. The number of rotatable bonds is 11.